The fourth-order valence-corrected chi connectivity index (χ4v) is 10.3. The number of likely N-dealkylation sites (tertiary alicyclic amines) is 1. The molecule has 6 heterocycles. The van der Waals surface area contributed by atoms with Crippen molar-refractivity contribution in [2.24, 2.45) is 17.3 Å². The van der Waals surface area contributed by atoms with Crippen molar-refractivity contribution in [2.45, 2.75) is 110 Å². The number of esters is 1. The van der Waals surface area contributed by atoms with Crippen LogP contribution in [0, 0.1) is 17.3 Å². The van der Waals surface area contributed by atoms with E-state index in [1.165, 1.54) is 0 Å². The number of pyridine rings is 1. The van der Waals surface area contributed by atoms with Crippen LogP contribution in [0.25, 0.3) is 33.3 Å². The molecule has 6 bridgehead atoms. The number of aromatic nitrogens is 2. The van der Waals surface area contributed by atoms with Crippen LogP contribution >= 0.6 is 0 Å². The van der Waals surface area contributed by atoms with Gasteiger partial charge in [0.1, 0.15) is 18.8 Å². The number of hydrogen-bond donors (Lipinski definition) is 3. The lowest BCUT2D eigenvalue weighted by Crippen LogP contribution is -2.56. The van der Waals surface area contributed by atoms with Gasteiger partial charge in [-0.3, -0.25) is 24.2 Å². The molecule has 3 amide bonds. The topological polar surface area (TPSA) is 170 Å². The second kappa shape index (κ2) is 20.6. The molecule has 15 nitrogen and oxygen atoms in total. The van der Waals surface area contributed by atoms with Crippen molar-refractivity contribution < 1.29 is 33.4 Å². The number of rotatable bonds is 10. The van der Waals surface area contributed by atoms with Crippen molar-refractivity contribution >= 4 is 34.6 Å². The third kappa shape index (κ3) is 10.8. The first-order valence-electron chi connectivity index (χ1n) is 24.2. The molecular weight excluding hydrogens is 849 g/mol. The van der Waals surface area contributed by atoms with Crippen LogP contribution in [0.3, 0.4) is 0 Å². The molecule has 3 N–H and O–H groups in total. The number of ether oxygens (including phenoxy) is 3. The molecule has 4 aromatic rings. The van der Waals surface area contributed by atoms with E-state index in [-0.39, 0.29) is 67.6 Å². The number of benzene rings is 2. The summed E-state index contributed by atoms with van der Waals surface area (Å²) in [5.41, 5.74) is 11.2. The van der Waals surface area contributed by atoms with E-state index in [2.05, 4.69) is 89.9 Å². The van der Waals surface area contributed by atoms with Gasteiger partial charge in [-0.05, 0) is 98.4 Å². The van der Waals surface area contributed by atoms with Gasteiger partial charge in [0.15, 0.2) is 0 Å². The number of likely N-dealkylation sites (N-methyl/N-ethyl adjacent to an activating group) is 1. The van der Waals surface area contributed by atoms with E-state index in [9.17, 15) is 19.2 Å². The number of nitrogens with one attached hydrogen (secondary N) is 3. The van der Waals surface area contributed by atoms with Gasteiger partial charge in [-0.2, -0.15) is 0 Å². The Labute approximate surface area is 395 Å². The molecule has 3 fully saturated rings. The zero-order valence-corrected chi connectivity index (χ0v) is 40.6. The number of nitrogens with zero attached hydrogens (tertiary/aromatic N) is 5. The standard InChI is InChI=1S/C52H70N8O7/c1-9-60-44-18-17-36-25-40(44)41(47(60)39-15-11-20-53-45(39)33(4)65-8)26-52(5,6)30-67-51(64)42-16-12-21-59(56-42)31-66-29-38(24-34-13-10-14-35(36)23-34)55-48(61)46(32(2)3)57(7)49(62)37-19-22-58(28-37)50(63)43-27-54-43/h10-11,13-15,17-18,20,23,25,32-33,37-38,42-43,46,54,56H,9,12,16,19,21-22,24,26-31H2,1-8H3,(H,55,61)/t33-,37-,38-,42-,43+,46-/m0/s1. The lowest BCUT2D eigenvalue weighted by atomic mass is 9.84. The van der Waals surface area contributed by atoms with Gasteiger partial charge in [0.2, 0.25) is 17.7 Å². The summed E-state index contributed by atoms with van der Waals surface area (Å²) < 4.78 is 20.7. The van der Waals surface area contributed by atoms with Gasteiger partial charge in [0.05, 0.1) is 48.7 Å². The summed E-state index contributed by atoms with van der Waals surface area (Å²) in [6.07, 6.45) is 4.67. The van der Waals surface area contributed by atoms with Crippen LogP contribution in [-0.4, -0.2) is 132 Å². The molecule has 4 aliphatic heterocycles. The fraction of sp³-hybridized carbons (Fsp3) is 0.558. The molecule has 0 spiro atoms. The van der Waals surface area contributed by atoms with Gasteiger partial charge < -0.3 is 39.2 Å². The van der Waals surface area contributed by atoms with Gasteiger partial charge in [0, 0.05) is 75.0 Å². The lowest BCUT2D eigenvalue weighted by Gasteiger charge is -2.34. The zero-order chi connectivity index (χ0) is 47.6. The molecule has 67 heavy (non-hydrogen) atoms. The number of hydrogen-bond acceptors (Lipinski definition) is 11. The fourth-order valence-electron chi connectivity index (χ4n) is 10.3. The number of aryl methyl sites for hydroxylation is 1. The normalized spacial score (nSPS) is 24.2. The van der Waals surface area contributed by atoms with Crippen molar-refractivity contribution in [3.8, 4) is 22.4 Å². The summed E-state index contributed by atoms with van der Waals surface area (Å²) >= 11 is 0. The van der Waals surface area contributed by atoms with Crippen LogP contribution < -0.4 is 16.1 Å². The summed E-state index contributed by atoms with van der Waals surface area (Å²) in [7, 11) is 3.41. The summed E-state index contributed by atoms with van der Waals surface area (Å²) in [4.78, 5) is 63.2. The predicted molar refractivity (Wildman–Crippen MR) is 257 cm³/mol. The number of carbonyl (C=O) groups is 4. The summed E-state index contributed by atoms with van der Waals surface area (Å²) in [5.74, 6) is -1.20. The Kier molecular flexibility index (Phi) is 14.8. The monoisotopic (exact) mass is 919 g/mol. The Balaban J connectivity index is 1.13. The molecule has 0 saturated carbocycles. The number of amides is 3. The molecule has 15 heteroatoms. The van der Waals surface area contributed by atoms with E-state index in [0.717, 1.165) is 63.1 Å². The second-order valence-corrected chi connectivity index (χ2v) is 20.1. The third-order valence-corrected chi connectivity index (χ3v) is 14.0. The Morgan fingerprint density at radius 3 is 2.58 bits per heavy atom. The molecule has 8 rings (SSSR count). The quantitative estimate of drug-likeness (QED) is 0.136. The SMILES string of the molecule is CCn1c(-c2cccnc2[C@H](C)OC)c2c3cc(ccc31)-c1cccc(c1)C[C@H](NC(=O)[C@H](C(C)C)N(C)C(=O)[C@H]1CCN(C(=O)[C@H]3CN3)C1)COCN1CCC[C@H](N1)C(=O)OCC(C)(C)C2. The minimum atomic E-state index is -0.739. The molecule has 360 valence electrons. The summed E-state index contributed by atoms with van der Waals surface area (Å²) in [6.45, 7) is 16.0. The number of hydrazine groups is 1. The summed E-state index contributed by atoms with van der Waals surface area (Å²) in [5, 5.41) is 9.39. The highest BCUT2D eigenvalue weighted by atomic mass is 16.5. The van der Waals surface area contributed by atoms with E-state index in [1.54, 1.807) is 24.0 Å². The van der Waals surface area contributed by atoms with Crippen LogP contribution in [0.2, 0.25) is 0 Å². The lowest BCUT2D eigenvalue weighted by molar-refractivity contribution is -0.154. The third-order valence-electron chi connectivity index (χ3n) is 14.0. The Morgan fingerprint density at radius 1 is 1.04 bits per heavy atom. The maximum atomic E-state index is 14.5. The largest absolute Gasteiger partial charge is 0.464 e. The molecule has 2 aromatic carbocycles. The molecule has 3 saturated heterocycles. The maximum Gasteiger partial charge on any atom is 0.324 e. The van der Waals surface area contributed by atoms with E-state index in [1.807, 2.05) is 38.0 Å². The maximum absolute atomic E-state index is 14.5. The first kappa shape index (κ1) is 48.3. The smallest absolute Gasteiger partial charge is 0.324 e. The van der Waals surface area contributed by atoms with Gasteiger partial charge in [-0.1, -0.05) is 58.0 Å². The Morgan fingerprint density at radius 2 is 1.84 bits per heavy atom. The van der Waals surface area contributed by atoms with Gasteiger partial charge in [0.25, 0.3) is 0 Å². The van der Waals surface area contributed by atoms with Crippen LogP contribution in [0.5, 0.6) is 0 Å². The van der Waals surface area contributed by atoms with E-state index in [0.29, 0.717) is 51.9 Å². The van der Waals surface area contributed by atoms with E-state index in [4.69, 9.17) is 19.2 Å². The minimum absolute atomic E-state index is 0.0406. The number of cyclic esters (lactones) is 1. The Hall–Kier alpha value is -5.19. The number of methoxy groups -OCH3 is 1. The molecular formula is C52H70N8O7. The highest BCUT2D eigenvalue weighted by Crippen LogP contribution is 2.42. The van der Waals surface area contributed by atoms with Gasteiger partial charge >= 0.3 is 5.97 Å². The van der Waals surface area contributed by atoms with E-state index < -0.39 is 23.5 Å². The molecule has 0 aliphatic carbocycles. The predicted octanol–water partition coefficient (Wildman–Crippen LogP) is 5.50. The van der Waals surface area contributed by atoms with Crippen molar-refractivity contribution in [3.63, 3.8) is 0 Å². The zero-order valence-electron chi connectivity index (χ0n) is 40.6. The van der Waals surface area contributed by atoms with Crippen molar-refractivity contribution in [1.29, 1.82) is 0 Å². The molecule has 0 radical (unpaired) electrons. The van der Waals surface area contributed by atoms with Gasteiger partial charge in [-0.25, -0.2) is 10.4 Å². The average molecular weight is 919 g/mol. The number of carbonyl (C=O) groups excluding carboxylic acids is 4. The van der Waals surface area contributed by atoms with Crippen molar-refractivity contribution in [2.75, 3.05) is 60.3 Å². The first-order valence-corrected chi connectivity index (χ1v) is 24.2. The second-order valence-electron chi connectivity index (χ2n) is 20.1. The summed E-state index contributed by atoms with van der Waals surface area (Å²) in [6, 6.07) is 17.3. The van der Waals surface area contributed by atoms with Gasteiger partial charge in [-0.15, -0.1) is 0 Å². The Bertz CT molecular complexity index is 2450. The molecule has 1 unspecified atom stereocenters. The highest BCUT2D eigenvalue weighted by Gasteiger charge is 2.41. The van der Waals surface area contributed by atoms with Crippen LogP contribution in [0.1, 0.15) is 83.7 Å². The van der Waals surface area contributed by atoms with Crippen LogP contribution in [-0.2, 0) is 52.8 Å². The average Bonchev–Trinajstić information content (AvgIpc) is 3.98. The van der Waals surface area contributed by atoms with Crippen LogP contribution in [0.4, 0.5) is 0 Å². The number of fused-ring (bicyclic) bond motifs is 6. The minimum Gasteiger partial charge on any atom is -0.464 e. The van der Waals surface area contributed by atoms with Crippen molar-refractivity contribution in [3.05, 3.63) is 77.6 Å². The first-order chi connectivity index (χ1) is 32.2. The highest BCUT2D eigenvalue weighted by molar-refractivity contribution is 5.95. The van der Waals surface area contributed by atoms with Crippen molar-refractivity contribution in [1.82, 2.24) is 40.4 Å². The molecule has 4 aliphatic rings. The molecule has 7 atom stereocenters. The van der Waals surface area contributed by atoms with E-state index >= 15 is 0 Å². The van der Waals surface area contributed by atoms with Crippen LogP contribution in [0.15, 0.2) is 60.8 Å². The molecule has 2 aromatic heterocycles.